The zero-order valence-corrected chi connectivity index (χ0v) is 15.4. The maximum atomic E-state index is 13.0. The highest BCUT2D eigenvalue weighted by molar-refractivity contribution is 5.87. The van der Waals surface area contributed by atoms with Crippen LogP contribution in [0.15, 0.2) is 54.6 Å². The molecular weight excluding hydrogens is 353 g/mol. The van der Waals surface area contributed by atoms with Gasteiger partial charge in [-0.2, -0.15) is 0 Å². The first-order valence-electron chi connectivity index (χ1n) is 8.29. The number of rotatable bonds is 8. The summed E-state index contributed by atoms with van der Waals surface area (Å²) >= 11 is 0. The Morgan fingerprint density at radius 3 is 2.26 bits per heavy atom. The Hall–Kier alpha value is -2.93. The summed E-state index contributed by atoms with van der Waals surface area (Å²) in [6.45, 7) is 1.49. The highest BCUT2D eigenvalue weighted by Gasteiger charge is 2.36. The number of carbonyl (C=O) groups is 2. The van der Waals surface area contributed by atoms with Crippen molar-refractivity contribution in [3.05, 3.63) is 66.0 Å². The van der Waals surface area contributed by atoms with Crippen molar-refractivity contribution < 1.29 is 28.2 Å². The fraction of sp³-hybridized carbons (Fsp3) is 0.300. The van der Waals surface area contributed by atoms with Crippen LogP contribution in [-0.2, 0) is 24.7 Å². The molecule has 0 fully saturated rings. The van der Waals surface area contributed by atoms with Crippen molar-refractivity contribution in [2.75, 3.05) is 20.8 Å². The van der Waals surface area contributed by atoms with Crippen LogP contribution < -0.4 is 10.1 Å². The van der Waals surface area contributed by atoms with Crippen molar-refractivity contribution in [3.63, 3.8) is 0 Å². The number of halogens is 1. The van der Waals surface area contributed by atoms with E-state index in [1.807, 2.05) is 6.07 Å². The standard InChI is InChI=1S/C20H22FNO5/c1-20(26-3,14-7-5-4-6-8-14)19(24)22-13-17(18(23)25-2)27-16-11-9-15(21)10-12-16/h4-12,17H,13H2,1-3H3,(H,22,24). The van der Waals surface area contributed by atoms with Gasteiger partial charge < -0.3 is 19.5 Å². The Kier molecular flexibility index (Phi) is 6.90. The topological polar surface area (TPSA) is 73.9 Å². The molecule has 2 aromatic rings. The summed E-state index contributed by atoms with van der Waals surface area (Å²) in [7, 11) is 2.65. The Labute approximate surface area is 157 Å². The van der Waals surface area contributed by atoms with Crippen molar-refractivity contribution in [3.8, 4) is 5.75 Å². The number of ether oxygens (including phenoxy) is 3. The highest BCUT2D eigenvalue weighted by Crippen LogP contribution is 2.24. The van der Waals surface area contributed by atoms with Gasteiger partial charge in [-0.1, -0.05) is 30.3 Å². The molecule has 7 heteroatoms. The van der Waals surface area contributed by atoms with Gasteiger partial charge in [0.1, 0.15) is 11.6 Å². The molecule has 2 rings (SSSR count). The van der Waals surface area contributed by atoms with Gasteiger partial charge in [0, 0.05) is 7.11 Å². The molecule has 0 saturated carbocycles. The van der Waals surface area contributed by atoms with Crippen LogP contribution in [0, 0.1) is 5.82 Å². The van der Waals surface area contributed by atoms with E-state index in [0.717, 1.165) is 0 Å². The Morgan fingerprint density at radius 2 is 1.70 bits per heavy atom. The number of methoxy groups -OCH3 is 2. The molecule has 0 aliphatic heterocycles. The lowest BCUT2D eigenvalue weighted by Crippen LogP contribution is -2.48. The Balaban J connectivity index is 2.10. The number of benzene rings is 2. The van der Waals surface area contributed by atoms with E-state index in [1.165, 1.54) is 38.5 Å². The predicted octanol–water partition coefficient (Wildman–Crippen LogP) is 2.42. The average Bonchev–Trinajstić information content (AvgIpc) is 2.71. The molecule has 27 heavy (non-hydrogen) atoms. The number of hydrogen-bond acceptors (Lipinski definition) is 5. The van der Waals surface area contributed by atoms with Gasteiger partial charge in [0.15, 0.2) is 5.60 Å². The van der Waals surface area contributed by atoms with Crippen molar-refractivity contribution >= 4 is 11.9 Å². The van der Waals surface area contributed by atoms with E-state index in [2.05, 4.69) is 5.32 Å². The van der Waals surface area contributed by atoms with Gasteiger partial charge in [0.05, 0.1) is 13.7 Å². The monoisotopic (exact) mass is 375 g/mol. The van der Waals surface area contributed by atoms with E-state index in [0.29, 0.717) is 5.56 Å². The van der Waals surface area contributed by atoms with Crippen LogP contribution in [0.5, 0.6) is 5.75 Å². The third-order valence-corrected chi connectivity index (χ3v) is 4.17. The smallest absolute Gasteiger partial charge is 0.348 e. The average molecular weight is 375 g/mol. The van der Waals surface area contributed by atoms with E-state index in [9.17, 15) is 14.0 Å². The Bertz CT molecular complexity index is 766. The molecule has 2 atom stereocenters. The summed E-state index contributed by atoms with van der Waals surface area (Å²) in [4.78, 5) is 24.7. The molecule has 144 valence electrons. The molecule has 0 saturated heterocycles. The number of nitrogens with one attached hydrogen (secondary N) is 1. The largest absolute Gasteiger partial charge is 0.477 e. The fourth-order valence-corrected chi connectivity index (χ4v) is 2.43. The minimum absolute atomic E-state index is 0.144. The lowest BCUT2D eigenvalue weighted by Gasteiger charge is -2.28. The van der Waals surface area contributed by atoms with Crippen LogP contribution in [0.25, 0.3) is 0 Å². The maximum Gasteiger partial charge on any atom is 0.348 e. The van der Waals surface area contributed by atoms with Gasteiger partial charge in [-0.15, -0.1) is 0 Å². The third-order valence-electron chi connectivity index (χ3n) is 4.17. The molecule has 6 nitrogen and oxygen atoms in total. The molecule has 0 heterocycles. The summed E-state index contributed by atoms with van der Waals surface area (Å²) in [5, 5.41) is 2.66. The number of amides is 1. The normalized spacial score (nSPS) is 13.9. The third kappa shape index (κ3) is 5.04. The molecule has 1 amide bonds. The number of esters is 1. The van der Waals surface area contributed by atoms with Crippen LogP contribution in [0.3, 0.4) is 0 Å². The quantitative estimate of drug-likeness (QED) is 0.718. The van der Waals surface area contributed by atoms with Crippen LogP contribution in [0.1, 0.15) is 12.5 Å². The second-order valence-corrected chi connectivity index (χ2v) is 5.90. The lowest BCUT2D eigenvalue weighted by molar-refractivity contribution is -0.150. The summed E-state index contributed by atoms with van der Waals surface area (Å²) in [6, 6.07) is 14.2. The van der Waals surface area contributed by atoms with Crippen LogP contribution in [-0.4, -0.2) is 38.7 Å². The molecule has 2 aromatic carbocycles. The van der Waals surface area contributed by atoms with Crippen molar-refractivity contribution in [2.24, 2.45) is 0 Å². The lowest BCUT2D eigenvalue weighted by atomic mass is 9.94. The molecular formula is C20H22FNO5. The molecule has 0 aliphatic rings. The summed E-state index contributed by atoms with van der Waals surface area (Å²) < 4.78 is 28.7. The number of hydrogen-bond donors (Lipinski definition) is 1. The minimum Gasteiger partial charge on any atom is -0.477 e. The highest BCUT2D eigenvalue weighted by atomic mass is 19.1. The SMILES string of the molecule is COC(=O)C(CNC(=O)C(C)(OC)c1ccccc1)Oc1ccc(F)cc1. The van der Waals surface area contributed by atoms with Gasteiger partial charge in [0.25, 0.3) is 5.91 Å². The van der Waals surface area contributed by atoms with Crippen LogP contribution in [0.2, 0.25) is 0 Å². The second kappa shape index (κ2) is 9.14. The van der Waals surface area contributed by atoms with Gasteiger partial charge in [-0.3, -0.25) is 4.79 Å². The Morgan fingerprint density at radius 1 is 1.07 bits per heavy atom. The van der Waals surface area contributed by atoms with Crippen molar-refractivity contribution in [2.45, 2.75) is 18.6 Å². The zero-order chi connectivity index (χ0) is 19.9. The predicted molar refractivity (Wildman–Crippen MR) is 96.6 cm³/mol. The molecule has 0 radical (unpaired) electrons. The van der Waals surface area contributed by atoms with Crippen molar-refractivity contribution in [1.29, 1.82) is 0 Å². The molecule has 0 aromatic heterocycles. The van der Waals surface area contributed by atoms with Gasteiger partial charge >= 0.3 is 5.97 Å². The maximum absolute atomic E-state index is 13.0. The molecule has 0 bridgehead atoms. The summed E-state index contributed by atoms with van der Waals surface area (Å²) in [5.41, 5.74) is -0.572. The van der Waals surface area contributed by atoms with Gasteiger partial charge in [0.2, 0.25) is 6.10 Å². The number of carbonyl (C=O) groups excluding carboxylic acids is 2. The first kappa shape index (κ1) is 20.4. The molecule has 1 N–H and O–H groups in total. The molecule has 0 spiro atoms. The summed E-state index contributed by atoms with van der Waals surface area (Å²) in [5.74, 6) is -1.26. The zero-order valence-electron chi connectivity index (χ0n) is 15.4. The first-order chi connectivity index (χ1) is 12.9. The van der Waals surface area contributed by atoms with E-state index < -0.39 is 29.4 Å². The van der Waals surface area contributed by atoms with Gasteiger partial charge in [-0.25, -0.2) is 9.18 Å². The second-order valence-electron chi connectivity index (χ2n) is 5.90. The van der Waals surface area contributed by atoms with Crippen molar-refractivity contribution in [1.82, 2.24) is 5.32 Å². The summed E-state index contributed by atoms with van der Waals surface area (Å²) in [6.07, 6.45) is -1.10. The molecule has 0 aliphatic carbocycles. The fourth-order valence-electron chi connectivity index (χ4n) is 2.43. The van der Waals surface area contributed by atoms with E-state index >= 15 is 0 Å². The first-order valence-corrected chi connectivity index (χ1v) is 8.29. The van der Waals surface area contributed by atoms with E-state index in [1.54, 1.807) is 31.2 Å². The molecule has 2 unspecified atom stereocenters. The van der Waals surface area contributed by atoms with E-state index in [4.69, 9.17) is 14.2 Å². The van der Waals surface area contributed by atoms with Crippen LogP contribution >= 0.6 is 0 Å². The van der Waals surface area contributed by atoms with E-state index in [-0.39, 0.29) is 12.3 Å². The van der Waals surface area contributed by atoms with Gasteiger partial charge in [-0.05, 0) is 36.8 Å². The minimum atomic E-state index is -1.24. The van der Waals surface area contributed by atoms with Crippen LogP contribution in [0.4, 0.5) is 4.39 Å².